The summed E-state index contributed by atoms with van der Waals surface area (Å²) in [6.45, 7) is 6.51. The van der Waals surface area contributed by atoms with Gasteiger partial charge in [0.1, 0.15) is 0 Å². The zero-order valence-electron chi connectivity index (χ0n) is 18.9. The van der Waals surface area contributed by atoms with Crippen LogP contribution in [0.5, 0.6) is 0 Å². The maximum absolute atomic E-state index is 13.1. The number of esters is 1. The van der Waals surface area contributed by atoms with Crippen LogP contribution < -0.4 is 10.7 Å². The highest BCUT2D eigenvalue weighted by Gasteiger charge is 2.31. The number of aromatic nitrogens is 2. The number of nitrogens with zero attached hydrogens (tertiary/aromatic N) is 2. The number of hydrogen-bond donors (Lipinski definition) is 1. The molecule has 0 spiro atoms. The van der Waals surface area contributed by atoms with Crippen LogP contribution in [0.1, 0.15) is 39.8 Å². The number of rotatable bonds is 5. The Morgan fingerprint density at radius 2 is 1.76 bits per heavy atom. The second kappa shape index (κ2) is 9.50. The molecule has 0 saturated heterocycles. The second-order valence-electron chi connectivity index (χ2n) is 7.81. The van der Waals surface area contributed by atoms with E-state index < -0.39 is 40.8 Å². The number of halogens is 3. The number of carbonyl (C=O) groups excluding carboxylic acids is 2. The van der Waals surface area contributed by atoms with E-state index in [-0.39, 0.29) is 11.4 Å². The molecule has 1 amide bonds. The number of ether oxygens (including phenoxy) is 1. The van der Waals surface area contributed by atoms with Crippen LogP contribution in [0, 0.1) is 20.8 Å². The van der Waals surface area contributed by atoms with Crippen molar-refractivity contribution in [1.82, 2.24) is 9.78 Å². The average Bonchev–Trinajstić information content (AvgIpc) is 2.75. The van der Waals surface area contributed by atoms with Crippen LogP contribution in [-0.2, 0) is 15.7 Å². The Balaban J connectivity index is 1.84. The van der Waals surface area contributed by atoms with Crippen molar-refractivity contribution in [1.29, 1.82) is 0 Å². The third-order valence-electron chi connectivity index (χ3n) is 5.01. The van der Waals surface area contributed by atoms with Crippen LogP contribution in [0.25, 0.3) is 5.69 Å². The van der Waals surface area contributed by atoms with Gasteiger partial charge >= 0.3 is 12.1 Å². The van der Waals surface area contributed by atoms with E-state index in [9.17, 15) is 27.6 Å². The van der Waals surface area contributed by atoms with E-state index in [0.29, 0.717) is 5.69 Å². The molecule has 0 fully saturated rings. The molecule has 10 heteroatoms. The molecule has 0 aliphatic heterocycles. The molecule has 1 aromatic heterocycles. The van der Waals surface area contributed by atoms with E-state index in [1.54, 1.807) is 6.07 Å². The summed E-state index contributed by atoms with van der Waals surface area (Å²) >= 11 is 0. The van der Waals surface area contributed by atoms with Crippen molar-refractivity contribution in [3.8, 4) is 5.69 Å². The fourth-order valence-electron chi connectivity index (χ4n) is 3.22. The lowest BCUT2D eigenvalue weighted by molar-refractivity contribution is -0.137. The van der Waals surface area contributed by atoms with Crippen LogP contribution in [0.15, 0.2) is 53.3 Å². The van der Waals surface area contributed by atoms with Crippen molar-refractivity contribution >= 4 is 17.6 Å². The highest BCUT2D eigenvalue weighted by Crippen LogP contribution is 2.30. The van der Waals surface area contributed by atoms with Gasteiger partial charge in [-0.15, -0.1) is 0 Å². The van der Waals surface area contributed by atoms with Crippen molar-refractivity contribution < 1.29 is 27.5 Å². The molecule has 3 rings (SSSR count). The minimum Gasteiger partial charge on any atom is -0.448 e. The third-order valence-corrected chi connectivity index (χ3v) is 5.01. The van der Waals surface area contributed by atoms with E-state index >= 15 is 0 Å². The molecule has 3 aromatic rings. The summed E-state index contributed by atoms with van der Waals surface area (Å²) in [4.78, 5) is 37.4. The van der Waals surface area contributed by atoms with Crippen molar-refractivity contribution in [2.75, 3.05) is 5.32 Å². The molecule has 34 heavy (non-hydrogen) atoms. The number of aryl methyl sites for hydroxylation is 3. The summed E-state index contributed by atoms with van der Waals surface area (Å²) in [7, 11) is 0. The smallest absolute Gasteiger partial charge is 0.416 e. The Bertz CT molecular complexity index is 1320. The molecule has 2 aromatic carbocycles. The zero-order chi connectivity index (χ0) is 25.2. The fraction of sp³-hybridized carbons (Fsp3) is 0.250. The number of carbonyl (C=O) groups is 2. The van der Waals surface area contributed by atoms with Gasteiger partial charge in [-0.2, -0.15) is 18.3 Å². The first-order valence-corrected chi connectivity index (χ1v) is 10.2. The van der Waals surface area contributed by atoms with E-state index in [2.05, 4.69) is 10.4 Å². The zero-order valence-corrected chi connectivity index (χ0v) is 18.9. The average molecular weight is 473 g/mol. The Kier molecular flexibility index (Phi) is 6.90. The van der Waals surface area contributed by atoms with Crippen molar-refractivity contribution in [3.05, 3.63) is 86.8 Å². The number of anilines is 1. The summed E-state index contributed by atoms with van der Waals surface area (Å²) in [5, 5.41) is 6.56. The number of benzene rings is 2. The van der Waals surface area contributed by atoms with Gasteiger partial charge in [0.05, 0.1) is 11.3 Å². The van der Waals surface area contributed by atoms with E-state index in [0.717, 1.165) is 34.0 Å². The molecule has 0 radical (unpaired) electrons. The molecule has 1 atom stereocenters. The highest BCUT2D eigenvalue weighted by molar-refractivity contribution is 5.97. The Labute approximate surface area is 193 Å². The second-order valence-corrected chi connectivity index (χ2v) is 7.81. The lowest BCUT2D eigenvalue weighted by Crippen LogP contribution is -2.33. The van der Waals surface area contributed by atoms with Gasteiger partial charge in [0.25, 0.3) is 5.91 Å². The fourth-order valence-corrected chi connectivity index (χ4v) is 3.22. The lowest BCUT2D eigenvalue weighted by atomic mass is 10.1. The Hall–Kier alpha value is -3.95. The van der Waals surface area contributed by atoms with E-state index in [1.165, 1.54) is 26.0 Å². The van der Waals surface area contributed by atoms with Crippen LogP contribution in [0.2, 0.25) is 0 Å². The SMILES string of the molecule is Cc1ccc(NC(=O)C(C)OC(=O)c2nn(-c3cccc(C(F)(F)F)c3)c(C)cc2=O)c(C)c1. The van der Waals surface area contributed by atoms with E-state index in [4.69, 9.17) is 4.74 Å². The van der Waals surface area contributed by atoms with Gasteiger partial charge in [-0.25, -0.2) is 9.48 Å². The largest absolute Gasteiger partial charge is 0.448 e. The van der Waals surface area contributed by atoms with Gasteiger partial charge in [-0.1, -0.05) is 23.8 Å². The van der Waals surface area contributed by atoms with Gasteiger partial charge in [0.15, 0.2) is 6.10 Å². The molecular weight excluding hydrogens is 451 g/mol. The molecule has 0 aliphatic rings. The molecule has 178 valence electrons. The minimum atomic E-state index is -4.58. The third kappa shape index (κ3) is 5.51. The Morgan fingerprint density at radius 1 is 1.06 bits per heavy atom. The minimum absolute atomic E-state index is 0.00186. The topological polar surface area (TPSA) is 90.3 Å². The van der Waals surface area contributed by atoms with Crippen molar-refractivity contribution in [2.45, 2.75) is 40.0 Å². The molecule has 0 aliphatic carbocycles. The van der Waals surface area contributed by atoms with Crippen molar-refractivity contribution in [2.24, 2.45) is 0 Å². The maximum atomic E-state index is 13.1. The number of amides is 1. The quantitative estimate of drug-likeness (QED) is 0.556. The molecule has 1 unspecified atom stereocenters. The first-order chi connectivity index (χ1) is 15.9. The van der Waals surface area contributed by atoms with Crippen LogP contribution >= 0.6 is 0 Å². The van der Waals surface area contributed by atoms with Crippen molar-refractivity contribution in [3.63, 3.8) is 0 Å². The van der Waals surface area contributed by atoms with Crippen LogP contribution in [-0.4, -0.2) is 27.8 Å². The number of alkyl halides is 3. The lowest BCUT2D eigenvalue weighted by Gasteiger charge is -2.16. The number of hydrogen-bond acceptors (Lipinski definition) is 5. The molecule has 1 heterocycles. The summed E-state index contributed by atoms with van der Waals surface area (Å²) in [6.07, 6.45) is -5.85. The molecular formula is C24H22F3N3O4. The van der Waals surface area contributed by atoms with Gasteiger partial charge in [-0.05, 0) is 57.5 Å². The van der Waals surface area contributed by atoms with Gasteiger partial charge < -0.3 is 10.1 Å². The summed E-state index contributed by atoms with van der Waals surface area (Å²) < 4.78 is 45.4. The van der Waals surface area contributed by atoms with Gasteiger partial charge in [0, 0.05) is 17.4 Å². The first-order valence-electron chi connectivity index (χ1n) is 10.2. The van der Waals surface area contributed by atoms with Crippen LogP contribution in [0.4, 0.5) is 18.9 Å². The predicted molar refractivity (Wildman–Crippen MR) is 119 cm³/mol. The molecule has 0 saturated carbocycles. The van der Waals surface area contributed by atoms with E-state index in [1.807, 2.05) is 26.0 Å². The van der Waals surface area contributed by atoms with Crippen LogP contribution in [0.3, 0.4) is 0 Å². The molecule has 0 bridgehead atoms. The Morgan fingerprint density at radius 3 is 2.41 bits per heavy atom. The monoisotopic (exact) mass is 473 g/mol. The predicted octanol–water partition coefficient (Wildman–Crippen LogP) is 4.36. The number of nitrogens with one attached hydrogen (secondary N) is 1. The van der Waals surface area contributed by atoms with Gasteiger partial charge in [-0.3, -0.25) is 9.59 Å². The summed E-state index contributed by atoms with van der Waals surface area (Å²) in [5.74, 6) is -1.79. The summed E-state index contributed by atoms with van der Waals surface area (Å²) in [6, 6.07) is 10.7. The summed E-state index contributed by atoms with van der Waals surface area (Å²) in [5.41, 5.74) is 0.225. The van der Waals surface area contributed by atoms with Gasteiger partial charge in [0.2, 0.25) is 11.1 Å². The standard InChI is InChI=1S/C24H22F3N3O4/c1-13-8-9-19(14(2)10-13)28-22(32)16(4)34-23(33)21-20(31)11-15(3)30(29-21)18-7-5-6-17(12-18)24(25,26)27/h5-12,16H,1-4H3,(H,28,32). The molecule has 1 N–H and O–H groups in total. The highest BCUT2D eigenvalue weighted by atomic mass is 19.4. The molecule has 7 nitrogen and oxygen atoms in total. The first kappa shape index (κ1) is 24.7. The maximum Gasteiger partial charge on any atom is 0.416 e. The normalized spacial score (nSPS) is 12.2.